The second-order valence-corrected chi connectivity index (χ2v) is 5.19. The summed E-state index contributed by atoms with van der Waals surface area (Å²) in [5, 5.41) is 8.89. The smallest absolute Gasteiger partial charge is 0.0669 e. The molecule has 1 aliphatic heterocycles. The van der Waals surface area contributed by atoms with Crippen molar-refractivity contribution < 1.29 is 0 Å². The molecule has 1 saturated heterocycles. The van der Waals surface area contributed by atoms with E-state index in [1.54, 1.807) is 0 Å². The molecule has 0 bridgehead atoms. The predicted molar refractivity (Wildman–Crippen MR) is 61.3 cm³/mol. The van der Waals surface area contributed by atoms with Gasteiger partial charge in [-0.1, -0.05) is 13.3 Å². The third kappa shape index (κ3) is 2.52. The molecule has 0 spiro atoms. The number of likely N-dealkylation sites (tertiary alicyclic amines) is 1. The van der Waals surface area contributed by atoms with Crippen molar-refractivity contribution in [2.45, 2.75) is 51.5 Å². The van der Waals surface area contributed by atoms with Crippen LogP contribution < -0.4 is 0 Å². The summed E-state index contributed by atoms with van der Waals surface area (Å²) in [5.74, 6) is 1.30. The van der Waals surface area contributed by atoms with Gasteiger partial charge in [0.1, 0.15) is 0 Å². The highest BCUT2D eigenvalue weighted by Crippen LogP contribution is 2.31. The Morgan fingerprint density at radius 3 is 2.47 bits per heavy atom. The van der Waals surface area contributed by atoms with Crippen LogP contribution in [0.4, 0.5) is 0 Å². The summed E-state index contributed by atoms with van der Waals surface area (Å²) in [6.07, 6.45) is 8.02. The molecule has 1 saturated carbocycles. The van der Waals surface area contributed by atoms with E-state index in [1.165, 1.54) is 38.6 Å². The lowest BCUT2D eigenvalue weighted by Gasteiger charge is -2.34. The zero-order valence-electron chi connectivity index (χ0n) is 9.78. The van der Waals surface area contributed by atoms with Gasteiger partial charge in [-0.3, -0.25) is 4.90 Å². The molecule has 2 heteroatoms. The Bertz CT molecular complexity index is 235. The van der Waals surface area contributed by atoms with Crippen LogP contribution in [0, 0.1) is 23.2 Å². The fourth-order valence-electron chi connectivity index (χ4n) is 3.14. The minimum absolute atomic E-state index is 0.314. The first kappa shape index (κ1) is 11.0. The van der Waals surface area contributed by atoms with Gasteiger partial charge in [0.25, 0.3) is 0 Å². The SMILES string of the molecule is CCC1CCC(N2CC[C@@H](C#N)C2)CC1. The maximum absolute atomic E-state index is 8.89. The number of rotatable bonds is 2. The summed E-state index contributed by atoms with van der Waals surface area (Å²) in [5.41, 5.74) is 0. The molecule has 0 N–H and O–H groups in total. The number of nitriles is 1. The highest BCUT2D eigenvalue weighted by Gasteiger charge is 2.30. The molecule has 1 heterocycles. The van der Waals surface area contributed by atoms with Gasteiger partial charge in [-0.05, 0) is 44.6 Å². The Hall–Kier alpha value is -0.550. The van der Waals surface area contributed by atoms with Crippen molar-refractivity contribution in [1.29, 1.82) is 5.26 Å². The van der Waals surface area contributed by atoms with Crippen LogP contribution in [0.3, 0.4) is 0 Å². The molecule has 1 atom stereocenters. The van der Waals surface area contributed by atoms with Crippen molar-refractivity contribution >= 4 is 0 Å². The van der Waals surface area contributed by atoms with E-state index in [0.29, 0.717) is 5.92 Å². The third-order valence-corrected chi connectivity index (χ3v) is 4.31. The van der Waals surface area contributed by atoms with Crippen LogP contribution in [0.2, 0.25) is 0 Å². The fraction of sp³-hybridized carbons (Fsp3) is 0.923. The predicted octanol–water partition coefficient (Wildman–Crippen LogP) is 2.80. The van der Waals surface area contributed by atoms with Gasteiger partial charge >= 0.3 is 0 Å². The highest BCUT2D eigenvalue weighted by atomic mass is 15.2. The normalized spacial score (nSPS) is 37.7. The Labute approximate surface area is 93.3 Å². The second kappa shape index (κ2) is 4.99. The van der Waals surface area contributed by atoms with E-state index in [0.717, 1.165) is 24.9 Å². The molecular formula is C13H22N2. The molecule has 0 amide bonds. The number of hydrogen-bond donors (Lipinski definition) is 0. The van der Waals surface area contributed by atoms with Crippen LogP contribution in [-0.4, -0.2) is 24.0 Å². The number of nitrogens with zero attached hydrogens (tertiary/aromatic N) is 2. The summed E-state index contributed by atoms with van der Waals surface area (Å²) >= 11 is 0. The zero-order chi connectivity index (χ0) is 10.7. The zero-order valence-corrected chi connectivity index (χ0v) is 9.78. The second-order valence-electron chi connectivity index (χ2n) is 5.19. The van der Waals surface area contributed by atoms with Gasteiger partial charge in [0, 0.05) is 12.6 Å². The van der Waals surface area contributed by atoms with Crippen molar-refractivity contribution in [3.8, 4) is 6.07 Å². The molecular weight excluding hydrogens is 184 g/mol. The van der Waals surface area contributed by atoms with Gasteiger partial charge in [-0.15, -0.1) is 0 Å². The van der Waals surface area contributed by atoms with Gasteiger partial charge in [-0.25, -0.2) is 0 Å². The van der Waals surface area contributed by atoms with Gasteiger partial charge in [0.2, 0.25) is 0 Å². The van der Waals surface area contributed by atoms with Crippen molar-refractivity contribution in [3.63, 3.8) is 0 Å². The molecule has 0 aromatic carbocycles. The van der Waals surface area contributed by atoms with Gasteiger partial charge in [-0.2, -0.15) is 5.26 Å². The molecule has 0 unspecified atom stereocenters. The van der Waals surface area contributed by atoms with E-state index < -0.39 is 0 Å². The Morgan fingerprint density at radius 2 is 1.93 bits per heavy atom. The summed E-state index contributed by atoms with van der Waals surface area (Å²) < 4.78 is 0. The van der Waals surface area contributed by atoms with Crippen molar-refractivity contribution in [3.05, 3.63) is 0 Å². The van der Waals surface area contributed by atoms with Crippen LogP contribution in [0.5, 0.6) is 0 Å². The standard InChI is InChI=1S/C13H22N2/c1-2-11-3-5-13(6-4-11)15-8-7-12(9-14)10-15/h11-13H,2-8,10H2,1H3/t11?,12-,13?/m0/s1. The van der Waals surface area contributed by atoms with Gasteiger partial charge in [0.15, 0.2) is 0 Å². The minimum atomic E-state index is 0.314. The maximum atomic E-state index is 8.89. The topological polar surface area (TPSA) is 27.0 Å². The van der Waals surface area contributed by atoms with Crippen molar-refractivity contribution in [2.75, 3.05) is 13.1 Å². The Kier molecular flexibility index (Phi) is 3.64. The lowest BCUT2D eigenvalue weighted by molar-refractivity contribution is 0.160. The van der Waals surface area contributed by atoms with Crippen LogP contribution in [-0.2, 0) is 0 Å². The van der Waals surface area contributed by atoms with Crippen molar-refractivity contribution in [2.24, 2.45) is 11.8 Å². The largest absolute Gasteiger partial charge is 0.299 e. The highest BCUT2D eigenvalue weighted by molar-refractivity contribution is 4.93. The summed E-state index contributed by atoms with van der Waals surface area (Å²) in [6.45, 7) is 4.52. The molecule has 1 aliphatic carbocycles. The molecule has 15 heavy (non-hydrogen) atoms. The first-order chi connectivity index (χ1) is 7.33. The molecule has 0 aromatic heterocycles. The van der Waals surface area contributed by atoms with Crippen LogP contribution >= 0.6 is 0 Å². The molecule has 84 valence electrons. The fourth-order valence-corrected chi connectivity index (χ4v) is 3.14. The molecule has 2 aliphatic rings. The van der Waals surface area contributed by atoms with E-state index in [-0.39, 0.29) is 0 Å². The van der Waals surface area contributed by atoms with Crippen LogP contribution in [0.1, 0.15) is 45.4 Å². The average Bonchev–Trinajstić information content (AvgIpc) is 2.78. The molecule has 0 aromatic rings. The number of hydrogen-bond acceptors (Lipinski definition) is 2. The molecule has 0 radical (unpaired) electrons. The average molecular weight is 206 g/mol. The molecule has 2 rings (SSSR count). The quantitative estimate of drug-likeness (QED) is 0.694. The van der Waals surface area contributed by atoms with Gasteiger partial charge in [0.05, 0.1) is 12.0 Å². The monoisotopic (exact) mass is 206 g/mol. The van der Waals surface area contributed by atoms with Crippen LogP contribution in [0.15, 0.2) is 0 Å². The van der Waals surface area contributed by atoms with E-state index in [2.05, 4.69) is 17.9 Å². The van der Waals surface area contributed by atoms with E-state index in [9.17, 15) is 0 Å². The van der Waals surface area contributed by atoms with E-state index in [1.807, 2.05) is 0 Å². The summed E-state index contributed by atoms with van der Waals surface area (Å²) in [7, 11) is 0. The van der Waals surface area contributed by atoms with Gasteiger partial charge < -0.3 is 0 Å². The third-order valence-electron chi connectivity index (χ3n) is 4.31. The summed E-state index contributed by atoms with van der Waals surface area (Å²) in [6, 6.07) is 3.21. The molecule has 2 fully saturated rings. The first-order valence-corrected chi connectivity index (χ1v) is 6.47. The van der Waals surface area contributed by atoms with Crippen molar-refractivity contribution in [1.82, 2.24) is 4.90 Å². The van der Waals surface area contributed by atoms with E-state index in [4.69, 9.17) is 5.26 Å². The lowest BCUT2D eigenvalue weighted by atomic mass is 9.84. The molecule has 2 nitrogen and oxygen atoms in total. The maximum Gasteiger partial charge on any atom is 0.0669 e. The van der Waals surface area contributed by atoms with Crippen LogP contribution in [0.25, 0.3) is 0 Å². The Balaban J connectivity index is 1.79. The minimum Gasteiger partial charge on any atom is -0.299 e. The van der Waals surface area contributed by atoms with E-state index >= 15 is 0 Å². The first-order valence-electron chi connectivity index (χ1n) is 6.47. The lowest BCUT2D eigenvalue weighted by Crippen LogP contribution is -2.36. The summed E-state index contributed by atoms with van der Waals surface area (Å²) in [4.78, 5) is 2.57. The Morgan fingerprint density at radius 1 is 1.20 bits per heavy atom.